The average Bonchev–Trinajstić information content (AvgIpc) is 3.26. The first kappa shape index (κ1) is 16.6. The number of rotatable bonds is 6. The maximum absolute atomic E-state index is 12.5. The Morgan fingerprint density at radius 3 is 2.87 bits per heavy atom. The third-order valence-electron chi connectivity index (χ3n) is 4.13. The van der Waals surface area contributed by atoms with Crippen LogP contribution in [0, 0.1) is 0 Å². The predicted molar refractivity (Wildman–Crippen MR) is 96.7 cm³/mol. The summed E-state index contributed by atoms with van der Waals surface area (Å²) in [5.41, 5.74) is 0.907. The standard InChI is InChI=1S/C18H21NO2S2/c20-16(14-6-2-1-3-7-14)12-22-13-18(21)19-10-4-8-15(19)17-9-5-11-23-17/h1-3,5-7,9,11,15-16,20H,4,8,10,12-13H2. The largest absolute Gasteiger partial charge is 0.388 e. The first-order valence-electron chi connectivity index (χ1n) is 7.89. The van der Waals surface area contributed by atoms with Gasteiger partial charge in [0.25, 0.3) is 0 Å². The monoisotopic (exact) mass is 347 g/mol. The van der Waals surface area contributed by atoms with E-state index < -0.39 is 6.10 Å². The van der Waals surface area contributed by atoms with Gasteiger partial charge in [0.2, 0.25) is 5.91 Å². The second-order valence-corrected chi connectivity index (χ2v) is 7.71. The Kier molecular flexibility index (Phi) is 5.75. The number of nitrogens with zero attached hydrogens (tertiary/aromatic N) is 1. The Labute approximate surface area is 145 Å². The smallest absolute Gasteiger partial charge is 0.233 e. The van der Waals surface area contributed by atoms with Crippen LogP contribution in [0.25, 0.3) is 0 Å². The minimum Gasteiger partial charge on any atom is -0.388 e. The molecule has 0 spiro atoms. The Hall–Kier alpha value is -1.30. The van der Waals surface area contributed by atoms with E-state index in [-0.39, 0.29) is 11.9 Å². The highest BCUT2D eigenvalue weighted by molar-refractivity contribution is 7.99. The van der Waals surface area contributed by atoms with Gasteiger partial charge in [-0.3, -0.25) is 4.79 Å². The number of thiophene rings is 1. The van der Waals surface area contributed by atoms with Crippen molar-refractivity contribution in [2.24, 2.45) is 0 Å². The lowest BCUT2D eigenvalue weighted by atomic mass is 10.1. The van der Waals surface area contributed by atoms with Crippen LogP contribution in [0.2, 0.25) is 0 Å². The molecular weight excluding hydrogens is 326 g/mol. The van der Waals surface area contributed by atoms with E-state index in [4.69, 9.17) is 0 Å². The first-order chi connectivity index (χ1) is 11.3. The second kappa shape index (κ2) is 7.99. The molecule has 1 saturated heterocycles. The van der Waals surface area contributed by atoms with Gasteiger partial charge in [-0.05, 0) is 29.9 Å². The third kappa shape index (κ3) is 4.16. The fourth-order valence-electron chi connectivity index (χ4n) is 2.95. The second-order valence-electron chi connectivity index (χ2n) is 5.70. The van der Waals surface area contributed by atoms with E-state index in [9.17, 15) is 9.90 Å². The maximum Gasteiger partial charge on any atom is 0.233 e. The van der Waals surface area contributed by atoms with Crippen LogP contribution in [0.3, 0.4) is 0 Å². The van der Waals surface area contributed by atoms with Crippen LogP contribution in [0.5, 0.6) is 0 Å². The molecule has 3 nitrogen and oxygen atoms in total. The van der Waals surface area contributed by atoms with Gasteiger partial charge in [-0.2, -0.15) is 0 Å². The van der Waals surface area contributed by atoms with E-state index in [1.165, 1.54) is 16.6 Å². The van der Waals surface area contributed by atoms with Crippen molar-refractivity contribution in [1.82, 2.24) is 4.90 Å². The summed E-state index contributed by atoms with van der Waals surface area (Å²) in [5.74, 6) is 1.17. The highest BCUT2D eigenvalue weighted by Crippen LogP contribution is 2.34. The van der Waals surface area contributed by atoms with Gasteiger partial charge in [0, 0.05) is 17.2 Å². The lowest BCUT2D eigenvalue weighted by molar-refractivity contribution is -0.129. The molecule has 1 aromatic carbocycles. The maximum atomic E-state index is 12.5. The summed E-state index contributed by atoms with van der Waals surface area (Å²) in [6, 6.07) is 14.0. The van der Waals surface area contributed by atoms with Gasteiger partial charge in [-0.15, -0.1) is 23.1 Å². The highest BCUT2D eigenvalue weighted by Gasteiger charge is 2.30. The average molecular weight is 348 g/mol. The zero-order valence-corrected chi connectivity index (χ0v) is 14.6. The van der Waals surface area contributed by atoms with Crippen molar-refractivity contribution < 1.29 is 9.90 Å². The van der Waals surface area contributed by atoms with Gasteiger partial charge >= 0.3 is 0 Å². The molecule has 122 valence electrons. The van der Waals surface area contributed by atoms with E-state index in [2.05, 4.69) is 11.4 Å². The van der Waals surface area contributed by atoms with Crippen molar-refractivity contribution in [2.45, 2.75) is 25.0 Å². The van der Waals surface area contributed by atoms with Crippen LogP contribution in [-0.2, 0) is 4.79 Å². The Morgan fingerprint density at radius 2 is 2.13 bits per heavy atom. The zero-order chi connectivity index (χ0) is 16.1. The molecule has 3 rings (SSSR count). The van der Waals surface area contributed by atoms with Gasteiger partial charge in [0.05, 0.1) is 17.9 Å². The lowest BCUT2D eigenvalue weighted by Gasteiger charge is -2.24. The van der Waals surface area contributed by atoms with Gasteiger partial charge in [0.15, 0.2) is 0 Å². The molecule has 0 radical (unpaired) electrons. The van der Waals surface area contributed by atoms with Gasteiger partial charge in [-0.25, -0.2) is 0 Å². The Balaban J connectivity index is 1.49. The van der Waals surface area contributed by atoms with E-state index in [0.29, 0.717) is 11.5 Å². The number of carbonyl (C=O) groups is 1. The summed E-state index contributed by atoms with van der Waals surface area (Å²) >= 11 is 3.24. The molecule has 1 aliphatic rings. The third-order valence-corrected chi connectivity index (χ3v) is 6.11. The highest BCUT2D eigenvalue weighted by atomic mass is 32.2. The van der Waals surface area contributed by atoms with Crippen LogP contribution in [0.4, 0.5) is 0 Å². The summed E-state index contributed by atoms with van der Waals surface area (Å²) < 4.78 is 0. The summed E-state index contributed by atoms with van der Waals surface area (Å²) in [7, 11) is 0. The van der Waals surface area contributed by atoms with Gasteiger partial charge in [0.1, 0.15) is 0 Å². The summed E-state index contributed by atoms with van der Waals surface area (Å²) in [5, 5.41) is 12.2. The molecule has 1 aromatic heterocycles. The fourth-order valence-corrected chi connectivity index (χ4v) is 4.70. The first-order valence-corrected chi connectivity index (χ1v) is 9.93. The SMILES string of the molecule is O=C(CSCC(O)c1ccccc1)N1CCCC1c1cccs1. The van der Waals surface area contributed by atoms with Crippen molar-refractivity contribution in [3.63, 3.8) is 0 Å². The normalized spacial score (nSPS) is 19.0. The minimum absolute atomic E-state index is 0.186. The lowest BCUT2D eigenvalue weighted by Crippen LogP contribution is -2.31. The van der Waals surface area contributed by atoms with Gasteiger partial charge < -0.3 is 10.0 Å². The number of aliphatic hydroxyl groups is 1. The summed E-state index contributed by atoms with van der Waals surface area (Å²) in [6.45, 7) is 0.850. The molecular formula is C18H21NO2S2. The molecule has 1 aliphatic heterocycles. The van der Waals surface area contributed by atoms with Crippen molar-refractivity contribution in [1.29, 1.82) is 0 Å². The molecule has 2 heterocycles. The minimum atomic E-state index is -0.513. The predicted octanol–water partition coefficient (Wildman–Crippen LogP) is 3.88. The van der Waals surface area contributed by atoms with Crippen molar-refractivity contribution in [2.75, 3.05) is 18.1 Å². The number of aliphatic hydroxyl groups excluding tert-OH is 1. The van der Waals surface area contributed by atoms with Crippen LogP contribution < -0.4 is 0 Å². The van der Waals surface area contributed by atoms with Crippen molar-refractivity contribution >= 4 is 29.0 Å². The molecule has 0 aliphatic carbocycles. The number of benzene rings is 1. The number of carbonyl (C=O) groups excluding carboxylic acids is 1. The van der Waals surface area contributed by atoms with E-state index >= 15 is 0 Å². The van der Waals surface area contributed by atoms with E-state index in [0.717, 1.165) is 24.9 Å². The number of thioether (sulfide) groups is 1. The van der Waals surface area contributed by atoms with E-state index in [1.807, 2.05) is 41.3 Å². The number of hydrogen-bond donors (Lipinski definition) is 1. The number of hydrogen-bond acceptors (Lipinski definition) is 4. The Bertz CT molecular complexity index is 615. The molecule has 2 atom stereocenters. The molecule has 2 unspecified atom stereocenters. The topological polar surface area (TPSA) is 40.5 Å². The van der Waals surface area contributed by atoms with Crippen LogP contribution in [-0.4, -0.2) is 34.0 Å². The van der Waals surface area contributed by atoms with Crippen LogP contribution in [0.1, 0.15) is 35.4 Å². The quantitative estimate of drug-likeness (QED) is 0.862. The summed E-state index contributed by atoms with van der Waals surface area (Å²) in [4.78, 5) is 15.8. The fraction of sp³-hybridized carbons (Fsp3) is 0.389. The molecule has 0 saturated carbocycles. The van der Waals surface area contributed by atoms with E-state index in [1.54, 1.807) is 11.3 Å². The van der Waals surface area contributed by atoms with Gasteiger partial charge in [-0.1, -0.05) is 36.4 Å². The molecule has 0 bridgehead atoms. The van der Waals surface area contributed by atoms with Crippen molar-refractivity contribution in [3.05, 3.63) is 58.3 Å². The van der Waals surface area contributed by atoms with Crippen LogP contribution >= 0.6 is 23.1 Å². The van der Waals surface area contributed by atoms with Crippen molar-refractivity contribution in [3.8, 4) is 0 Å². The number of likely N-dealkylation sites (tertiary alicyclic amines) is 1. The molecule has 1 fully saturated rings. The Morgan fingerprint density at radius 1 is 1.30 bits per heavy atom. The molecule has 5 heteroatoms. The zero-order valence-electron chi connectivity index (χ0n) is 12.9. The number of amides is 1. The van der Waals surface area contributed by atoms with Crippen LogP contribution in [0.15, 0.2) is 47.8 Å². The molecule has 1 amide bonds. The molecule has 1 N–H and O–H groups in total. The summed E-state index contributed by atoms with van der Waals surface area (Å²) in [6.07, 6.45) is 1.62. The molecule has 23 heavy (non-hydrogen) atoms. The molecule has 2 aromatic rings.